The Morgan fingerprint density at radius 1 is 1.20 bits per heavy atom. The van der Waals surface area contributed by atoms with Gasteiger partial charge < -0.3 is 4.90 Å². The van der Waals surface area contributed by atoms with Crippen molar-refractivity contribution in [2.75, 3.05) is 13.6 Å². The van der Waals surface area contributed by atoms with Crippen molar-refractivity contribution < 1.29 is 4.39 Å². The molecule has 0 bridgehead atoms. The number of benzene rings is 1. The van der Waals surface area contributed by atoms with E-state index in [1.807, 2.05) is 14.0 Å². The second-order valence-electron chi connectivity index (χ2n) is 4.90. The van der Waals surface area contributed by atoms with Crippen LogP contribution in [0.1, 0.15) is 11.3 Å². The van der Waals surface area contributed by atoms with Gasteiger partial charge in [0.25, 0.3) is 5.56 Å². The molecular weight excluding hydrogens is 257 g/mol. The predicted molar refractivity (Wildman–Crippen MR) is 76.0 cm³/mol. The third-order valence-electron chi connectivity index (χ3n) is 3.06. The highest BCUT2D eigenvalue weighted by Gasteiger charge is 2.03. The molecule has 0 aliphatic heterocycles. The van der Waals surface area contributed by atoms with Gasteiger partial charge >= 0.3 is 0 Å². The first-order valence-corrected chi connectivity index (χ1v) is 6.52. The number of hydrogen-bond acceptors (Lipinski definition) is 3. The largest absolute Gasteiger partial charge is 0.300 e. The summed E-state index contributed by atoms with van der Waals surface area (Å²) in [6.45, 7) is 3.81. The molecule has 0 unspecified atom stereocenters. The van der Waals surface area contributed by atoms with E-state index in [-0.39, 0.29) is 11.4 Å². The van der Waals surface area contributed by atoms with Crippen molar-refractivity contribution in [1.82, 2.24) is 14.7 Å². The number of halogens is 1. The van der Waals surface area contributed by atoms with Gasteiger partial charge in [0.05, 0.1) is 12.2 Å². The fourth-order valence-corrected chi connectivity index (χ4v) is 1.96. The van der Waals surface area contributed by atoms with Crippen molar-refractivity contribution >= 4 is 0 Å². The van der Waals surface area contributed by atoms with Gasteiger partial charge in [-0.05, 0) is 37.7 Å². The minimum atomic E-state index is -0.230. The molecule has 0 amide bonds. The third-order valence-corrected chi connectivity index (χ3v) is 3.06. The van der Waals surface area contributed by atoms with Crippen LogP contribution in [0.3, 0.4) is 0 Å². The van der Waals surface area contributed by atoms with Crippen LogP contribution >= 0.6 is 0 Å². The van der Waals surface area contributed by atoms with Crippen molar-refractivity contribution in [2.45, 2.75) is 20.0 Å². The number of likely N-dealkylation sites (N-methyl/N-ethyl adjacent to an activating group) is 1. The molecule has 5 heteroatoms. The van der Waals surface area contributed by atoms with Gasteiger partial charge in [0, 0.05) is 19.2 Å². The van der Waals surface area contributed by atoms with Gasteiger partial charge in [-0.15, -0.1) is 0 Å². The summed E-state index contributed by atoms with van der Waals surface area (Å²) in [5.41, 5.74) is 1.77. The molecule has 0 aliphatic rings. The Morgan fingerprint density at radius 2 is 1.90 bits per heavy atom. The lowest BCUT2D eigenvalue weighted by Gasteiger charge is -2.17. The molecule has 0 aliphatic carbocycles. The number of hydrogen-bond donors (Lipinski definition) is 0. The summed E-state index contributed by atoms with van der Waals surface area (Å²) in [6.07, 6.45) is 0. The minimum absolute atomic E-state index is 0.0919. The molecule has 2 rings (SSSR count). The Bertz CT molecular complexity index is 622. The van der Waals surface area contributed by atoms with E-state index < -0.39 is 0 Å². The molecule has 4 nitrogen and oxygen atoms in total. The van der Waals surface area contributed by atoms with Gasteiger partial charge in [0.1, 0.15) is 5.82 Å². The first-order valence-electron chi connectivity index (χ1n) is 6.52. The van der Waals surface area contributed by atoms with Crippen molar-refractivity contribution in [3.05, 3.63) is 63.8 Å². The molecule has 1 aromatic heterocycles. The van der Waals surface area contributed by atoms with Crippen LogP contribution in [0, 0.1) is 12.7 Å². The highest BCUT2D eigenvalue weighted by Crippen LogP contribution is 2.05. The van der Waals surface area contributed by atoms with Crippen LogP contribution in [0.4, 0.5) is 4.39 Å². The summed E-state index contributed by atoms with van der Waals surface area (Å²) in [7, 11) is 1.96. The maximum absolute atomic E-state index is 12.8. The zero-order chi connectivity index (χ0) is 14.5. The molecule has 0 radical (unpaired) electrons. The second-order valence-corrected chi connectivity index (χ2v) is 4.90. The molecule has 0 saturated heterocycles. The summed E-state index contributed by atoms with van der Waals surface area (Å²) in [4.78, 5) is 13.7. The fourth-order valence-electron chi connectivity index (χ4n) is 1.96. The molecule has 0 fully saturated rings. The molecule has 106 valence electrons. The van der Waals surface area contributed by atoms with Gasteiger partial charge in [-0.1, -0.05) is 12.1 Å². The maximum atomic E-state index is 12.8. The SMILES string of the molecule is Cc1ccc(=O)n(CCN(C)Cc2ccc(F)cc2)n1. The molecule has 1 aromatic carbocycles. The highest BCUT2D eigenvalue weighted by molar-refractivity contribution is 5.15. The second kappa shape index (κ2) is 6.43. The molecule has 0 spiro atoms. The zero-order valence-electron chi connectivity index (χ0n) is 11.7. The lowest BCUT2D eigenvalue weighted by atomic mass is 10.2. The van der Waals surface area contributed by atoms with Crippen LogP contribution < -0.4 is 5.56 Å². The van der Waals surface area contributed by atoms with E-state index in [4.69, 9.17) is 0 Å². The standard InChI is InChI=1S/C15H18FN3O/c1-12-3-8-15(20)19(17-12)10-9-18(2)11-13-4-6-14(16)7-5-13/h3-8H,9-11H2,1-2H3. The van der Waals surface area contributed by atoms with Crippen LogP contribution in [-0.4, -0.2) is 28.3 Å². The van der Waals surface area contributed by atoms with Gasteiger partial charge in [-0.2, -0.15) is 5.10 Å². The van der Waals surface area contributed by atoms with E-state index in [9.17, 15) is 9.18 Å². The smallest absolute Gasteiger partial charge is 0.266 e. The summed E-state index contributed by atoms with van der Waals surface area (Å²) >= 11 is 0. The van der Waals surface area contributed by atoms with Crippen LogP contribution in [0.25, 0.3) is 0 Å². The first-order chi connectivity index (χ1) is 9.54. The monoisotopic (exact) mass is 275 g/mol. The quantitative estimate of drug-likeness (QED) is 0.835. The Balaban J connectivity index is 1.92. The molecule has 20 heavy (non-hydrogen) atoms. The Kier molecular flexibility index (Phi) is 4.63. The summed E-state index contributed by atoms with van der Waals surface area (Å²) in [6, 6.07) is 9.68. The van der Waals surface area contributed by atoms with Crippen molar-refractivity contribution in [3.63, 3.8) is 0 Å². The van der Waals surface area contributed by atoms with E-state index in [0.717, 1.165) is 11.3 Å². The van der Waals surface area contributed by atoms with E-state index in [1.165, 1.54) is 22.9 Å². The van der Waals surface area contributed by atoms with Crippen LogP contribution in [0.15, 0.2) is 41.2 Å². The first kappa shape index (κ1) is 14.4. The average molecular weight is 275 g/mol. The van der Waals surface area contributed by atoms with E-state index in [1.54, 1.807) is 18.2 Å². The van der Waals surface area contributed by atoms with E-state index in [2.05, 4.69) is 10.00 Å². The van der Waals surface area contributed by atoms with Crippen LogP contribution in [0.2, 0.25) is 0 Å². The molecule has 0 atom stereocenters. The lowest BCUT2D eigenvalue weighted by molar-refractivity contribution is 0.301. The van der Waals surface area contributed by atoms with Crippen LogP contribution in [0.5, 0.6) is 0 Å². The van der Waals surface area contributed by atoms with Gasteiger partial charge in [-0.25, -0.2) is 9.07 Å². The van der Waals surface area contributed by atoms with Crippen LogP contribution in [-0.2, 0) is 13.1 Å². The molecular formula is C15H18FN3O. The number of rotatable bonds is 5. The normalized spacial score (nSPS) is 11.0. The predicted octanol–water partition coefficient (Wildman–Crippen LogP) is 1.82. The van der Waals surface area contributed by atoms with Crippen molar-refractivity contribution in [2.24, 2.45) is 0 Å². The van der Waals surface area contributed by atoms with Gasteiger partial charge in [0.2, 0.25) is 0 Å². The fraction of sp³-hybridized carbons (Fsp3) is 0.333. The Labute approximate surface area is 117 Å². The topological polar surface area (TPSA) is 38.1 Å². The summed E-state index contributed by atoms with van der Waals surface area (Å²) in [5, 5.41) is 4.19. The molecule has 1 heterocycles. The highest BCUT2D eigenvalue weighted by atomic mass is 19.1. The van der Waals surface area contributed by atoms with Crippen molar-refractivity contribution in [3.8, 4) is 0 Å². The van der Waals surface area contributed by atoms with E-state index >= 15 is 0 Å². The van der Waals surface area contributed by atoms with E-state index in [0.29, 0.717) is 19.6 Å². The number of nitrogens with zero attached hydrogens (tertiary/aromatic N) is 3. The van der Waals surface area contributed by atoms with Crippen molar-refractivity contribution in [1.29, 1.82) is 0 Å². The van der Waals surface area contributed by atoms with Gasteiger partial charge in [-0.3, -0.25) is 4.79 Å². The maximum Gasteiger partial charge on any atom is 0.266 e. The Morgan fingerprint density at radius 3 is 2.60 bits per heavy atom. The summed E-state index contributed by atoms with van der Waals surface area (Å²) in [5.74, 6) is -0.230. The number of aryl methyl sites for hydroxylation is 1. The molecule has 0 N–H and O–H groups in total. The third kappa shape index (κ3) is 3.99. The molecule has 2 aromatic rings. The number of aromatic nitrogens is 2. The summed E-state index contributed by atoms with van der Waals surface area (Å²) < 4.78 is 14.3. The average Bonchev–Trinajstić information content (AvgIpc) is 2.42. The minimum Gasteiger partial charge on any atom is -0.300 e. The van der Waals surface area contributed by atoms with Gasteiger partial charge in [0.15, 0.2) is 0 Å². The Hall–Kier alpha value is -2.01. The molecule has 0 saturated carbocycles. The zero-order valence-corrected chi connectivity index (χ0v) is 11.7. The lowest BCUT2D eigenvalue weighted by Crippen LogP contribution is -2.29.